The lowest BCUT2D eigenvalue weighted by molar-refractivity contribution is -0.131. The number of rotatable bonds is 8. The predicted molar refractivity (Wildman–Crippen MR) is 136 cm³/mol. The predicted octanol–water partition coefficient (Wildman–Crippen LogP) is 3.73. The van der Waals surface area contributed by atoms with Gasteiger partial charge in [-0.1, -0.05) is 13.8 Å². The van der Waals surface area contributed by atoms with Gasteiger partial charge in [0.05, 0.1) is 5.69 Å². The van der Waals surface area contributed by atoms with Crippen LogP contribution in [0.15, 0.2) is 35.4 Å². The topological polar surface area (TPSA) is 99.8 Å². The molecule has 1 amide bonds. The first-order chi connectivity index (χ1) is 16.1. The van der Waals surface area contributed by atoms with Crippen molar-refractivity contribution in [3.63, 3.8) is 0 Å². The minimum absolute atomic E-state index is 0.292. The fourth-order valence-corrected chi connectivity index (χ4v) is 4.56. The Hall–Kier alpha value is -3.39. The molecule has 1 atom stereocenters. The van der Waals surface area contributed by atoms with E-state index in [0.29, 0.717) is 18.4 Å². The Labute approximate surface area is 200 Å². The summed E-state index contributed by atoms with van der Waals surface area (Å²) >= 11 is 0. The Morgan fingerprint density at radius 1 is 1.18 bits per heavy atom. The van der Waals surface area contributed by atoms with E-state index >= 15 is 0 Å². The van der Waals surface area contributed by atoms with E-state index in [2.05, 4.69) is 52.0 Å². The number of nitrogens with zero attached hydrogens (tertiary/aromatic N) is 4. The second-order valence-electron chi connectivity index (χ2n) is 9.56. The van der Waals surface area contributed by atoms with Crippen LogP contribution >= 0.6 is 0 Å². The first-order valence-electron chi connectivity index (χ1n) is 11.7. The van der Waals surface area contributed by atoms with Gasteiger partial charge in [-0.05, 0) is 82.7 Å². The molecule has 1 unspecified atom stereocenters. The van der Waals surface area contributed by atoms with Crippen molar-refractivity contribution in [1.82, 2.24) is 19.9 Å². The molecule has 0 bridgehead atoms. The van der Waals surface area contributed by atoms with Gasteiger partial charge in [-0.3, -0.25) is 9.78 Å². The number of benzene rings is 1. The second-order valence-corrected chi connectivity index (χ2v) is 9.56. The van der Waals surface area contributed by atoms with Crippen molar-refractivity contribution >= 4 is 22.7 Å². The van der Waals surface area contributed by atoms with Gasteiger partial charge in [0.15, 0.2) is 0 Å². The number of fused-ring (bicyclic) bond motifs is 1. The van der Waals surface area contributed by atoms with Crippen LogP contribution < -0.4 is 5.73 Å². The highest BCUT2D eigenvalue weighted by atomic mass is 16.5. The Balaban J connectivity index is 1.73. The molecule has 0 spiro atoms. The highest BCUT2D eigenvalue weighted by molar-refractivity contribution is 6.02. The van der Waals surface area contributed by atoms with Crippen molar-refractivity contribution in [2.75, 3.05) is 27.2 Å². The second kappa shape index (κ2) is 9.46. The van der Waals surface area contributed by atoms with Gasteiger partial charge in [-0.2, -0.15) is 0 Å². The molecular formula is C26H34N6O2. The molecular weight excluding hydrogens is 428 g/mol. The first kappa shape index (κ1) is 23.8. The van der Waals surface area contributed by atoms with Crippen LogP contribution in [0.25, 0.3) is 22.2 Å². The summed E-state index contributed by atoms with van der Waals surface area (Å²) in [6.45, 7) is 9.89. The number of aryl methyl sites for hydroxylation is 2. The number of aromatic nitrogens is 2. The number of primary amides is 1. The zero-order valence-corrected chi connectivity index (χ0v) is 20.8. The van der Waals surface area contributed by atoms with Crippen molar-refractivity contribution in [3.8, 4) is 11.3 Å². The smallest absolute Gasteiger partial charge is 0.281 e. The summed E-state index contributed by atoms with van der Waals surface area (Å²) in [5.74, 6) is 0.170. The number of H-pyrrole nitrogens is 1. The number of ether oxygens (including phenoxy) is 1. The Morgan fingerprint density at radius 2 is 1.88 bits per heavy atom. The van der Waals surface area contributed by atoms with Gasteiger partial charge in [0.2, 0.25) is 5.90 Å². The average Bonchev–Trinajstić information content (AvgIpc) is 3.34. The number of carbonyl (C=O) groups excluding carboxylic acids is 1. The lowest BCUT2D eigenvalue weighted by Gasteiger charge is -2.19. The average molecular weight is 463 g/mol. The summed E-state index contributed by atoms with van der Waals surface area (Å²) < 4.78 is 5.92. The van der Waals surface area contributed by atoms with Crippen LogP contribution in [0.3, 0.4) is 0 Å². The largest absolute Gasteiger partial charge is 0.441 e. The Kier molecular flexibility index (Phi) is 6.61. The zero-order chi connectivity index (χ0) is 24.6. The number of carbonyl (C=O) groups is 1. The van der Waals surface area contributed by atoms with Crippen molar-refractivity contribution < 1.29 is 9.53 Å². The molecule has 0 aliphatic carbocycles. The summed E-state index contributed by atoms with van der Waals surface area (Å²) in [7, 11) is 4.03. The quantitative estimate of drug-likeness (QED) is 0.531. The van der Waals surface area contributed by atoms with Crippen LogP contribution in [0.5, 0.6) is 0 Å². The molecule has 1 aliphatic rings. The fourth-order valence-electron chi connectivity index (χ4n) is 4.56. The van der Waals surface area contributed by atoms with E-state index in [-0.39, 0.29) is 0 Å². The molecule has 3 heterocycles. The lowest BCUT2D eigenvalue weighted by atomic mass is 9.95. The SMILES string of the molecule is Cc1cc(-c2[nH]c3ccc(C4=NN(CCCN(C)C)C(C(N)=O)O4)cc3c2C(C)C)cc(C)n1. The molecule has 0 saturated carbocycles. The van der Waals surface area contributed by atoms with E-state index in [1.807, 2.05) is 40.1 Å². The van der Waals surface area contributed by atoms with E-state index in [0.717, 1.165) is 52.1 Å². The fraction of sp³-hybridized carbons (Fsp3) is 0.423. The molecule has 1 aliphatic heterocycles. The summed E-state index contributed by atoms with van der Waals surface area (Å²) in [4.78, 5) is 22.2. The molecule has 8 heteroatoms. The van der Waals surface area contributed by atoms with Gasteiger partial charge in [-0.25, -0.2) is 5.01 Å². The molecule has 2 aromatic heterocycles. The summed E-state index contributed by atoms with van der Waals surface area (Å²) in [5, 5.41) is 7.38. The van der Waals surface area contributed by atoms with Gasteiger partial charge in [0, 0.05) is 40.0 Å². The highest BCUT2D eigenvalue weighted by Crippen LogP contribution is 2.36. The zero-order valence-electron chi connectivity index (χ0n) is 20.8. The van der Waals surface area contributed by atoms with Crippen molar-refractivity contribution in [2.24, 2.45) is 10.8 Å². The van der Waals surface area contributed by atoms with Gasteiger partial charge < -0.3 is 20.4 Å². The molecule has 0 fully saturated rings. The third kappa shape index (κ3) is 4.77. The summed E-state index contributed by atoms with van der Waals surface area (Å²) in [6, 6.07) is 10.3. The van der Waals surface area contributed by atoms with Crippen LogP contribution in [-0.4, -0.2) is 65.1 Å². The minimum Gasteiger partial charge on any atom is -0.441 e. The van der Waals surface area contributed by atoms with E-state index in [1.54, 1.807) is 5.01 Å². The highest BCUT2D eigenvalue weighted by Gasteiger charge is 2.33. The number of hydrogen-bond acceptors (Lipinski definition) is 6. The molecule has 3 N–H and O–H groups in total. The first-order valence-corrected chi connectivity index (χ1v) is 11.7. The molecule has 4 rings (SSSR count). The number of pyridine rings is 1. The van der Waals surface area contributed by atoms with Crippen LogP contribution in [-0.2, 0) is 9.53 Å². The monoisotopic (exact) mass is 462 g/mol. The van der Waals surface area contributed by atoms with Crippen LogP contribution in [0.1, 0.15) is 48.7 Å². The molecule has 0 radical (unpaired) electrons. The number of amides is 1. The Bertz CT molecular complexity index is 1220. The Morgan fingerprint density at radius 3 is 2.50 bits per heavy atom. The maximum absolute atomic E-state index is 12.0. The standard InChI is InChI=1S/C26H34N6O2/c1-15(2)22-20-14-18(25-30-32(11-7-10-31(5)6)26(34-25)24(27)33)8-9-21(20)29-23(22)19-12-16(3)28-17(4)13-19/h8-9,12-15,26,29H,7,10-11H2,1-6H3,(H2,27,33). The molecule has 34 heavy (non-hydrogen) atoms. The normalized spacial score (nSPS) is 15.9. The number of aromatic amines is 1. The van der Waals surface area contributed by atoms with E-state index in [9.17, 15) is 4.79 Å². The van der Waals surface area contributed by atoms with Crippen LogP contribution in [0, 0.1) is 13.8 Å². The third-order valence-electron chi connectivity index (χ3n) is 5.98. The van der Waals surface area contributed by atoms with Crippen molar-refractivity contribution in [2.45, 2.75) is 46.3 Å². The van der Waals surface area contributed by atoms with E-state index in [1.165, 1.54) is 5.56 Å². The maximum atomic E-state index is 12.0. The van der Waals surface area contributed by atoms with E-state index < -0.39 is 12.1 Å². The third-order valence-corrected chi connectivity index (χ3v) is 5.98. The van der Waals surface area contributed by atoms with Gasteiger partial charge >= 0.3 is 0 Å². The molecule has 3 aromatic rings. The lowest BCUT2D eigenvalue weighted by Crippen LogP contribution is -2.41. The number of nitrogens with one attached hydrogen (secondary N) is 1. The van der Waals surface area contributed by atoms with Crippen molar-refractivity contribution in [3.05, 3.63) is 52.8 Å². The van der Waals surface area contributed by atoms with Crippen LogP contribution in [0.4, 0.5) is 0 Å². The summed E-state index contributed by atoms with van der Waals surface area (Å²) in [6.07, 6.45) is -0.0404. The van der Waals surface area contributed by atoms with Gasteiger partial charge in [0.1, 0.15) is 0 Å². The molecule has 1 aromatic carbocycles. The van der Waals surface area contributed by atoms with Gasteiger partial charge in [0.25, 0.3) is 12.1 Å². The number of hydrogen-bond donors (Lipinski definition) is 2. The molecule has 180 valence electrons. The maximum Gasteiger partial charge on any atom is 0.281 e. The van der Waals surface area contributed by atoms with Crippen molar-refractivity contribution in [1.29, 1.82) is 0 Å². The minimum atomic E-state index is -0.887. The van der Waals surface area contributed by atoms with Crippen LogP contribution in [0.2, 0.25) is 0 Å². The van der Waals surface area contributed by atoms with Gasteiger partial charge in [-0.15, -0.1) is 5.10 Å². The van der Waals surface area contributed by atoms with E-state index in [4.69, 9.17) is 10.5 Å². The number of hydrazone groups is 1. The molecule has 0 saturated heterocycles. The number of nitrogens with two attached hydrogens (primary N) is 1. The summed E-state index contributed by atoms with van der Waals surface area (Å²) in [5.41, 5.74) is 12.9. The molecule has 8 nitrogen and oxygen atoms in total.